The molecule has 0 aliphatic carbocycles. The quantitative estimate of drug-likeness (QED) is 0.687. The molecular weight excluding hydrogens is 176 g/mol. The van der Waals surface area contributed by atoms with Crippen LogP contribution in [0.2, 0.25) is 5.02 Å². The predicted molar refractivity (Wildman–Crippen MR) is 50.3 cm³/mol. The molecule has 0 heterocycles. The highest BCUT2D eigenvalue weighted by atomic mass is 35.5. The molecule has 0 aromatic heterocycles. The van der Waals surface area contributed by atoms with Gasteiger partial charge in [0.25, 0.3) is 0 Å². The summed E-state index contributed by atoms with van der Waals surface area (Å²) in [6.07, 6.45) is 0. The van der Waals surface area contributed by atoms with Gasteiger partial charge in [-0.25, -0.2) is 0 Å². The first-order valence-corrected chi connectivity index (χ1v) is 3.89. The average Bonchev–Trinajstić information content (AvgIpc) is 2.06. The monoisotopic (exact) mass is 186 g/mol. The zero-order valence-electron chi connectivity index (χ0n) is 6.80. The van der Waals surface area contributed by atoms with Gasteiger partial charge in [-0.05, 0) is 12.1 Å². The summed E-state index contributed by atoms with van der Waals surface area (Å²) in [5.74, 6) is 0.611. The maximum absolute atomic E-state index is 5.84. The van der Waals surface area contributed by atoms with Crippen molar-refractivity contribution in [3.8, 4) is 5.75 Å². The topological polar surface area (TPSA) is 61.3 Å². The number of nitrogen functional groups attached to an aromatic ring is 1. The molecule has 66 valence electrons. The van der Waals surface area contributed by atoms with Crippen molar-refractivity contribution in [2.24, 2.45) is 5.73 Å². The number of benzene rings is 1. The number of hydrogen-bond acceptors (Lipinski definition) is 3. The fourth-order valence-corrected chi connectivity index (χ4v) is 1.24. The molecule has 0 atom stereocenters. The minimum Gasteiger partial charge on any atom is -0.495 e. The lowest BCUT2D eigenvalue weighted by Gasteiger charge is -2.09. The SMILES string of the molecule is COc1ccc(Cl)c(CN)c1N. The fraction of sp³-hybridized carbons (Fsp3) is 0.250. The highest BCUT2D eigenvalue weighted by Gasteiger charge is 2.07. The molecule has 0 amide bonds. The maximum atomic E-state index is 5.84. The first-order chi connectivity index (χ1) is 5.70. The van der Waals surface area contributed by atoms with Gasteiger partial charge >= 0.3 is 0 Å². The Hall–Kier alpha value is -0.930. The van der Waals surface area contributed by atoms with Crippen LogP contribution in [0.25, 0.3) is 0 Å². The molecule has 0 aliphatic heterocycles. The first kappa shape index (κ1) is 9.16. The van der Waals surface area contributed by atoms with Crippen molar-refractivity contribution < 1.29 is 4.74 Å². The van der Waals surface area contributed by atoms with Crippen LogP contribution in [0.5, 0.6) is 5.75 Å². The van der Waals surface area contributed by atoms with E-state index in [0.717, 1.165) is 5.56 Å². The highest BCUT2D eigenvalue weighted by molar-refractivity contribution is 6.31. The van der Waals surface area contributed by atoms with E-state index < -0.39 is 0 Å². The van der Waals surface area contributed by atoms with Crippen molar-refractivity contribution in [1.82, 2.24) is 0 Å². The van der Waals surface area contributed by atoms with Gasteiger partial charge in [0, 0.05) is 17.1 Å². The number of methoxy groups -OCH3 is 1. The minimum absolute atomic E-state index is 0.321. The molecule has 1 rings (SSSR count). The largest absolute Gasteiger partial charge is 0.495 e. The summed E-state index contributed by atoms with van der Waals surface area (Å²) < 4.78 is 5.00. The van der Waals surface area contributed by atoms with E-state index in [0.29, 0.717) is 23.0 Å². The average molecular weight is 187 g/mol. The third-order valence-electron chi connectivity index (χ3n) is 1.68. The number of halogens is 1. The molecule has 1 aromatic carbocycles. The molecule has 4 N–H and O–H groups in total. The lowest BCUT2D eigenvalue weighted by molar-refractivity contribution is 0.416. The molecule has 0 bridgehead atoms. The molecule has 0 fully saturated rings. The Labute approximate surface area is 76.3 Å². The molecule has 3 nitrogen and oxygen atoms in total. The lowest BCUT2D eigenvalue weighted by atomic mass is 10.1. The van der Waals surface area contributed by atoms with E-state index in [1.165, 1.54) is 0 Å². The summed E-state index contributed by atoms with van der Waals surface area (Å²) in [5.41, 5.74) is 12.4. The predicted octanol–water partition coefficient (Wildman–Crippen LogP) is 1.39. The van der Waals surface area contributed by atoms with Crippen molar-refractivity contribution in [1.29, 1.82) is 0 Å². The van der Waals surface area contributed by atoms with E-state index in [9.17, 15) is 0 Å². The van der Waals surface area contributed by atoms with Gasteiger partial charge in [0.2, 0.25) is 0 Å². The third-order valence-corrected chi connectivity index (χ3v) is 2.04. The van der Waals surface area contributed by atoms with Crippen molar-refractivity contribution in [2.45, 2.75) is 6.54 Å². The Bertz CT molecular complexity index is 289. The van der Waals surface area contributed by atoms with E-state index in [1.54, 1.807) is 19.2 Å². The first-order valence-electron chi connectivity index (χ1n) is 3.51. The van der Waals surface area contributed by atoms with E-state index in [4.69, 9.17) is 27.8 Å². The molecule has 0 saturated heterocycles. The van der Waals surface area contributed by atoms with Crippen LogP contribution in [0.1, 0.15) is 5.56 Å². The number of nitrogens with two attached hydrogens (primary N) is 2. The Balaban J connectivity index is 3.24. The van der Waals surface area contributed by atoms with Gasteiger partial charge in [0.15, 0.2) is 0 Å². The van der Waals surface area contributed by atoms with Crippen molar-refractivity contribution in [2.75, 3.05) is 12.8 Å². The molecule has 0 aliphatic rings. The second kappa shape index (κ2) is 3.65. The van der Waals surface area contributed by atoms with Crippen LogP contribution in [0.15, 0.2) is 12.1 Å². The van der Waals surface area contributed by atoms with E-state index in [1.807, 2.05) is 0 Å². The van der Waals surface area contributed by atoms with Crippen LogP contribution < -0.4 is 16.2 Å². The number of rotatable bonds is 2. The van der Waals surface area contributed by atoms with Gasteiger partial charge in [-0.15, -0.1) is 0 Å². The van der Waals surface area contributed by atoms with Gasteiger partial charge in [0.1, 0.15) is 5.75 Å². The van der Waals surface area contributed by atoms with Gasteiger partial charge in [-0.3, -0.25) is 0 Å². The second-order valence-electron chi connectivity index (χ2n) is 2.35. The summed E-state index contributed by atoms with van der Waals surface area (Å²) in [6, 6.07) is 3.44. The Morgan fingerprint density at radius 1 is 1.50 bits per heavy atom. The summed E-state index contributed by atoms with van der Waals surface area (Å²) in [6.45, 7) is 0.321. The summed E-state index contributed by atoms with van der Waals surface area (Å²) in [7, 11) is 1.56. The lowest BCUT2D eigenvalue weighted by Crippen LogP contribution is -2.04. The van der Waals surface area contributed by atoms with Crippen LogP contribution in [-0.2, 0) is 6.54 Å². The Morgan fingerprint density at radius 3 is 2.67 bits per heavy atom. The third kappa shape index (κ3) is 1.47. The number of hydrogen-bond donors (Lipinski definition) is 2. The van der Waals surface area contributed by atoms with Crippen molar-refractivity contribution in [3.63, 3.8) is 0 Å². The number of anilines is 1. The van der Waals surface area contributed by atoms with Gasteiger partial charge in [-0.1, -0.05) is 11.6 Å². The maximum Gasteiger partial charge on any atom is 0.142 e. The molecule has 0 unspecified atom stereocenters. The van der Waals surface area contributed by atoms with Crippen LogP contribution in [-0.4, -0.2) is 7.11 Å². The van der Waals surface area contributed by atoms with Gasteiger partial charge in [-0.2, -0.15) is 0 Å². The Morgan fingerprint density at radius 2 is 2.17 bits per heavy atom. The summed E-state index contributed by atoms with van der Waals surface area (Å²) in [5, 5.41) is 0.579. The van der Waals surface area contributed by atoms with Crippen LogP contribution >= 0.6 is 11.6 Å². The van der Waals surface area contributed by atoms with Crippen LogP contribution in [0, 0.1) is 0 Å². The van der Waals surface area contributed by atoms with Crippen molar-refractivity contribution >= 4 is 17.3 Å². The van der Waals surface area contributed by atoms with Crippen molar-refractivity contribution in [3.05, 3.63) is 22.7 Å². The summed E-state index contributed by atoms with van der Waals surface area (Å²) >= 11 is 5.84. The summed E-state index contributed by atoms with van der Waals surface area (Å²) in [4.78, 5) is 0. The van der Waals surface area contributed by atoms with Gasteiger partial charge < -0.3 is 16.2 Å². The molecular formula is C8H11ClN2O. The molecule has 0 radical (unpaired) electrons. The zero-order chi connectivity index (χ0) is 9.14. The Kier molecular flexibility index (Phi) is 2.78. The second-order valence-corrected chi connectivity index (χ2v) is 2.75. The number of ether oxygens (including phenoxy) is 1. The van der Waals surface area contributed by atoms with Crippen LogP contribution in [0.4, 0.5) is 5.69 Å². The highest BCUT2D eigenvalue weighted by Crippen LogP contribution is 2.30. The zero-order valence-corrected chi connectivity index (χ0v) is 7.56. The molecule has 1 aromatic rings. The molecule has 12 heavy (non-hydrogen) atoms. The molecule has 0 saturated carbocycles. The van der Waals surface area contributed by atoms with Gasteiger partial charge in [0.05, 0.1) is 12.8 Å². The van der Waals surface area contributed by atoms with E-state index in [2.05, 4.69) is 0 Å². The normalized spacial score (nSPS) is 9.92. The smallest absolute Gasteiger partial charge is 0.142 e. The van der Waals surface area contributed by atoms with E-state index in [-0.39, 0.29) is 0 Å². The molecule has 0 spiro atoms. The molecule has 4 heteroatoms. The van der Waals surface area contributed by atoms with E-state index >= 15 is 0 Å². The fourth-order valence-electron chi connectivity index (χ4n) is 1.00. The van der Waals surface area contributed by atoms with Crippen LogP contribution in [0.3, 0.4) is 0 Å². The minimum atomic E-state index is 0.321. The standard InChI is InChI=1S/C8H11ClN2O/c1-12-7-3-2-6(9)5(4-10)8(7)11/h2-3H,4,10-11H2,1H3.